The van der Waals surface area contributed by atoms with Crippen molar-refractivity contribution in [1.82, 2.24) is 0 Å². The predicted molar refractivity (Wildman–Crippen MR) is 120 cm³/mol. The first-order valence-electron chi connectivity index (χ1n) is 10.3. The molecule has 1 N–H and O–H groups in total. The number of aliphatic hydroxyl groups is 1. The number of carbonyl (C=O) groups excluding carboxylic acids is 1. The Hall–Kier alpha value is -2.05. The van der Waals surface area contributed by atoms with Crippen LogP contribution < -0.4 is 0 Å². The maximum Gasteiger partial charge on any atom is 0.416 e. The highest BCUT2D eigenvalue weighted by molar-refractivity contribution is 7.13. The summed E-state index contributed by atoms with van der Waals surface area (Å²) in [6.07, 6.45) is 1.06. The number of thiophene rings is 1. The Morgan fingerprint density at radius 3 is 2.84 bits per heavy atom. The molecule has 32 heavy (non-hydrogen) atoms. The second-order valence-electron chi connectivity index (χ2n) is 7.81. The first kappa shape index (κ1) is 24.6. The monoisotopic (exact) mass is 484 g/mol. The Morgan fingerprint density at radius 1 is 1.34 bits per heavy atom. The quantitative estimate of drug-likeness (QED) is 0.283. The van der Waals surface area contributed by atoms with Gasteiger partial charge in [-0.2, -0.15) is 13.2 Å². The highest BCUT2D eigenvalue weighted by atomic mass is 35.5. The number of alkyl halides is 4. The SMILES string of the molecule is COC(=O)c1ccc(CCC[C@@H]2[C@@H](C=C=Cc3cccc(C(F)(F)F)c3)[C@H](O)C[C@H]2Cl)s1. The number of hydrogen-bond donors (Lipinski definition) is 1. The van der Waals surface area contributed by atoms with Gasteiger partial charge in [0.25, 0.3) is 0 Å². The fourth-order valence-electron chi connectivity index (χ4n) is 3.99. The van der Waals surface area contributed by atoms with E-state index in [1.807, 2.05) is 6.07 Å². The maximum absolute atomic E-state index is 12.9. The van der Waals surface area contributed by atoms with Crippen molar-refractivity contribution in [1.29, 1.82) is 0 Å². The summed E-state index contributed by atoms with van der Waals surface area (Å²) < 4.78 is 43.3. The lowest BCUT2D eigenvalue weighted by molar-refractivity contribution is -0.137. The van der Waals surface area contributed by atoms with Crippen molar-refractivity contribution < 1.29 is 27.8 Å². The number of hydrogen-bond acceptors (Lipinski definition) is 4. The van der Waals surface area contributed by atoms with Crippen LogP contribution in [0.5, 0.6) is 0 Å². The van der Waals surface area contributed by atoms with Crippen molar-refractivity contribution in [2.75, 3.05) is 7.11 Å². The van der Waals surface area contributed by atoms with Crippen molar-refractivity contribution in [2.24, 2.45) is 11.8 Å². The number of rotatable bonds is 7. The average Bonchev–Trinajstić information content (AvgIpc) is 3.32. The lowest BCUT2D eigenvalue weighted by Gasteiger charge is -2.19. The second-order valence-corrected chi connectivity index (χ2v) is 9.54. The van der Waals surface area contributed by atoms with E-state index in [0.29, 0.717) is 16.9 Å². The Morgan fingerprint density at radius 2 is 2.12 bits per heavy atom. The van der Waals surface area contributed by atoms with Crippen LogP contribution in [0.25, 0.3) is 6.08 Å². The van der Waals surface area contributed by atoms with Crippen LogP contribution >= 0.6 is 22.9 Å². The standard InChI is InChI=1S/C24H24ClF3O3S/c1-31-23(30)22-12-11-17(32-22)8-4-9-18-19(21(29)14-20(18)25)10-3-6-15-5-2-7-16(13-15)24(26,27)28/h2,5-7,10-13,18-21,29H,4,8-9,14H2,1H3/t3?,18-,19-,20-,21-/m1/s1. The zero-order chi connectivity index (χ0) is 23.3. The summed E-state index contributed by atoms with van der Waals surface area (Å²) in [5.74, 6) is -0.527. The highest BCUT2D eigenvalue weighted by Crippen LogP contribution is 2.40. The molecule has 0 spiro atoms. The van der Waals surface area contributed by atoms with Crippen LogP contribution in [0.15, 0.2) is 48.2 Å². The Balaban J connectivity index is 1.63. The molecule has 0 unspecified atom stereocenters. The first-order chi connectivity index (χ1) is 15.2. The van der Waals surface area contributed by atoms with E-state index >= 15 is 0 Å². The van der Waals surface area contributed by atoms with Gasteiger partial charge in [0, 0.05) is 16.2 Å². The van der Waals surface area contributed by atoms with Gasteiger partial charge < -0.3 is 9.84 Å². The number of methoxy groups -OCH3 is 1. The number of aliphatic hydroxyl groups excluding tert-OH is 1. The number of aryl methyl sites for hydroxylation is 1. The third-order valence-corrected chi connectivity index (χ3v) is 7.26. The molecule has 0 radical (unpaired) electrons. The molecule has 2 aromatic rings. The normalized spacial score (nSPS) is 22.9. The zero-order valence-electron chi connectivity index (χ0n) is 17.4. The van der Waals surface area contributed by atoms with Gasteiger partial charge >= 0.3 is 12.1 Å². The van der Waals surface area contributed by atoms with E-state index in [4.69, 9.17) is 16.3 Å². The first-order valence-corrected chi connectivity index (χ1v) is 11.5. The van der Waals surface area contributed by atoms with Gasteiger partial charge in [-0.05, 0) is 73.6 Å². The highest BCUT2D eigenvalue weighted by Gasteiger charge is 2.39. The molecule has 1 heterocycles. The zero-order valence-corrected chi connectivity index (χ0v) is 19.0. The average molecular weight is 485 g/mol. The van der Waals surface area contributed by atoms with Gasteiger partial charge in [-0.1, -0.05) is 12.1 Å². The lowest BCUT2D eigenvalue weighted by atomic mass is 9.89. The van der Waals surface area contributed by atoms with Gasteiger partial charge in [-0.3, -0.25) is 0 Å². The van der Waals surface area contributed by atoms with Crippen LogP contribution in [0, 0.1) is 11.8 Å². The van der Waals surface area contributed by atoms with Crippen molar-refractivity contribution in [3.8, 4) is 0 Å². The van der Waals surface area contributed by atoms with Crippen molar-refractivity contribution in [3.63, 3.8) is 0 Å². The molecule has 8 heteroatoms. The van der Waals surface area contributed by atoms with Crippen LogP contribution in [0.3, 0.4) is 0 Å². The summed E-state index contributed by atoms with van der Waals surface area (Å²) in [5.41, 5.74) is 2.63. The molecule has 3 rings (SSSR count). The van der Waals surface area contributed by atoms with E-state index in [9.17, 15) is 23.1 Å². The molecule has 1 aromatic heterocycles. The molecule has 0 bridgehead atoms. The molecule has 0 aliphatic heterocycles. The minimum absolute atomic E-state index is 0.0362. The van der Waals surface area contributed by atoms with Crippen molar-refractivity contribution >= 4 is 35.0 Å². The van der Waals surface area contributed by atoms with Gasteiger partial charge in [-0.25, -0.2) is 4.79 Å². The third kappa shape index (κ3) is 6.26. The third-order valence-electron chi connectivity index (χ3n) is 5.63. The molecular weight excluding hydrogens is 461 g/mol. The van der Waals surface area contributed by atoms with Gasteiger partial charge in [0.15, 0.2) is 0 Å². The molecule has 4 atom stereocenters. The molecule has 172 valence electrons. The second kappa shape index (κ2) is 10.7. The topological polar surface area (TPSA) is 46.5 Å². The number of ether oxygens (including phenoxy) is 1. The minimum atomic E-state index is -4.40. The van der Waals surface area contributed by atoms with Crippen LogP contribution in [0.1, 0.15) is 44.9 Å². The van der Waals surface area contributed by atoms with Crippen molar-refractivity contribution in [3.05, 3.63) is 69.1 Å². The molecule has 1 aliphatic carbocycles. The molecule has 1 fully saturated rings. The van der Waals surface area contributed by atoms with E-state index in [-0.39, 0.29) is 23.2 Å². The fraction of sp³-hybridized carbons (Fsp3) is 0.417. The molecule has 1 aliphatic rings. The van der Waals surface area contributed by atoms with E-state index in [1.54, 1.807) is 18.2 Å². The fourth-order valence-corrected chi connectivity index (χ4v) is 5.44. The molecule has 1 aromatic carbocycles. The van der Waals surface area contributed by atoms with E-state index in [1.165, 1.54) is 30.6 Å². The van der Waals surface area contributed by atoms with E-state index in [2.05, 4.69) is 5.73 Å². The maximum atomic E-state index is 12.9. The summed E-state index contributed by atoms with van der Waals surface area (Å²) in [5, 5.41) is 10.2. The number of halogens is 4. The number of benzene rings is 1. The Kier molecular flexibility index (Phi) is 8.23. The van der Waals surface area contributed by atoms with Gasteiger partial charge in [0.1, 0.15) is 4.88 Å². The molecule has 3 nitrogen and oxygen atoms in total. The van der Waals surface area contributed by atoms with Crippen molar-refractivity contribution in [2.45, 2.75) is 43.3 Å². The van der Waals surface area contributed by atoms with Gasteiger partial charge in [0.05, 0.1) is 18.8 Å². The summed E-state index contributed by atoms with van der Waals surface area (Å²) in [6, 6.07) is 8.68. The van der Waals surface area contributed by atoms with Gasteiger partial charge in [0.2, 0.25) is 0 Å². The summed E-state index contributed by atoms with van der Waals surface area (Å²) in [4.78, 5) is 13.2. The van der Waals surface area contributed by atoms with Crippen LogP contribution in [-0.2, 0) is 17.3 Å². The van der Waals surface area contributed by atoms with E-state index in [0.717, 1.165) is 36.3 Å². The Labute approximate surface area is 194 Å². The minimum Gasteiger partial charge on any atom is -0.465 e. The summed E-state index contributed by atoms with van der Waals surface area (Å²) in [7, 11) is 1.35. The molecular formula is C24H24ClF3O3S. The van der Waals surface area contributed by atoms with Crippen LogP contribution in [-0.4, -0.2) is 29.7 Å². The van der Waals surface area contributed by atoms with Crippen LogP contribution in [0.4, 0.5) is 13.2 Å². The smallest absolute Gasteiger partial charge is 0.416 e. The lowest BCUT2D eigenvalue weighted by Crippen LogP contribution is -2.18. The van der Waals surface area contributed by atoms with Gasteiger partial charge in [-0.15, -0.1) is 28.7 Å². The predicted octanol–water partition coefficient (Wildman–Crippen LogP) is 6.35. The molecule has 1 saturated carbocycles. The summed E-state index contributed by atoms with van der Waals surface area (Å²) >= 11 is 7.88. The van der Waals surface area contributed by atoms with Crippen LogP contribution in [0.2, 0.25) is 0 Å². The summed E-state index contributed by atoms with van der Waals surface area (Å²) in [6.45, 7) is 0. The Bertz CT molecular complexity index is 994. The number of carbonyl (C=O) groups is 1. The van der Waals surface area contributed by atoms with E-state index < -0.39 is 17.8 Å². The number of esters is 1. The largest absolute Gasteiger partial charge is 0.465 e. The molecule has 0 amide bonds. The molecule has 0 saturated heterocycles.